The van der Waals surface area contributed by atoms with Crippen LogP contribution in [0.4, 0.5) is 0 Å². The third-order valence-electron chi connectivity index (χ3n) is 2.80. The monoisotopic (exact) mass is 351 g/mol. The van der Waals surface area contributed by atoms with E-state index in [4.69, 9.17) is 14.9 Å². The Kier molecular flexibility index (Phi) is 5.09. The molecule has 1 unspecified atom stereocenters. The molecule has 1 atom stereocenters. The molecular weight excluding hydrogens is 338 g/mol. The van der Waals surface area contributed by atoms with Gasteiger partial charge >= 0.3 is 0 Å². The lowest BCUT2D eigenvalue weighted by Gasteiger charge is -2.24. The smallest absolute Gasteiger partial charge is 0.257 e. The van der Waals surface area contributed by atoms with Gasteiger partial charge in [-0.25, -0.2) is 5.41 Å². The number of para-hydroxylation sites is 2. The van der Waals surface area contributed by atoms with E-state index in [9.17, 15) is 0 Å². The molecule has 0 spiro atoms. The second-order valence-corrected chi connectivity index (χ2v) is 5.33. The summed E-state index contributed by atoms with van der Waals surface area (Å²) in [6, 6.07) is 17.6. The molecule has 0 bridgehead atoms. The quantitative estimate of drug-likeness (QED) is 0.419. The van der Waals surface area contributed by atoms with Gasteiger partial charge in [-0.05, 0) is 36.0 Å². The number of thioether (sulfide) groups is 1. The fourth-order valence-corrected chi connectivity index (χ4v) is 2.66. The Hall–Kier alpha value is -1.46. The highest BCUT2D eigenvalue weighted by Crippen LogP contribution is 2.32. The van der Waals surface area contributed by atoms with Gasteiger partial charge in [-0.1, -0.05) is 30.3 Å². The minimum atomic E-state index is -0.222. The van der Waals surface area contributed by atoms with Crippen molar-refractivity contribution in [2.45, 2.75) is 11.0 Å². The first-order valence-corrected chi connectivity index (χ1v) is 6.88. The molecule has 0 saturated heterocycles. The van der Waals surface area contributed by atoms with E-state index in [1.54, 1.807) is 0 Å². The Bertz CT molecular complexity index is 591. The predicted molar refractivity (Wildman–Crippen MR) is 75.6 cm³/mol. The van der Waals surface area contributed by atoms with E-state index in [2.05, 4.69) is 0 Å². The van der Waals surface area contributed by atoms with Crippen molar-refractivity contribution in [2.24, 2.45) is 0 Å². The minimum Gasteiger partial charge on any atom is -1.00 e. The van der Waals surface area contributed by atoms with Crippen LogP contribution in [0.15, 0.2) is 59.5 Å². The molecule has 0 fully saturated rings. The standard InChI is InChI=1S/C15H13NO2S.BrH/c16-15(19-11-6-2-1-3-7-11)14-10-17-12-8-4-5-9-13(12)18-14;/h1-9,14,16H,10H2;1H. The lowest BCUT2D eigenvalue weighted by molar-refractivity contribution is -0.119. The van der Waals surface area contributed by atoms with Crippen LogP contribution in [-0.2, 0) is 0 Å². The van der Waals surface area contributed by atoms with Crippen molar-refractivity contribution in [3.63, 3.8) is 0 Å². The Morgan fingerprint density at radius 2 is 1.65 bits per heavy atom. The van der Waals surface area contributed by atoms with Crippen molar-refractivity contribution >= 4 is 16.8 Å². The average Bonchev–Trinajstić information content (AvgIpc) is 2.48. The molecule has 3 nitrogen and oxygen atoms in total. The van der Waals surface area contributed by atoms with Crippen molar-refractivity contribution in [2.75, 3.05) is 6.61 Å². The number of ether oxygens (including phenoxy) is 2. The summed E-state index contributed by atoms with van der Waals surface area (Å²) in [6.45, 7) is 0.447. The fraction of sp³-hybridized carbons (Fsp3) is 0.133. The van der Waals surface area contributed by atoms with Gasteiger partial charge in [0.1, 0.15) is 6.61 Å². The number of benzene rings is 2. The van der Waals surface area contributed by atoms with E-state index in [0.717, 1.165) is 16.4 Å². The largest absolute Gasteiger partial charge is 1.00 e. The minimum absolute atomic E-state index is 0. The second kappa shape index (κ2) is 6.81. The van der Waals surface area contributed by atoms with Crippen molar-refractivity contribution < 1.29 is 31.9 Å². The second-order valence-electron chi connectivity index (χ2n) is 4.18. The first-order valence-electron chi connectivity index (χ1n) is 6.06. The lowest BCUT2D eigenvalue weighted by atomic mass is 10.3. The average molecular weight is 352 g/mol. The molecule has 104 valence electrons. The van der Waals surface area contributed by atoms with Gasteiger partial charge in [0.15, 0.2) is 11.5 Å². The molecule has 1 heterocycles. The van der Waals surface area contributed by atoms with Crippen LogP contribution < -0.4 is 31.9 Å². The Morgan fingerprint density at radius 1 is 1.00 bits per heavy atom. The van der Waals surface area contributed by atoms with E-state index >= 15 is 0 Å². The van der Waals surface area contributed by atoms with E-state index in [1.807, 2.05) is 54.6 Å². The molecule has 3 rings (SSSR count). The fourth-order valence-electron chi connectivity index (χ4n) is 1.85. The maximum atomic E-state index is 6.11. The van der Waals surface area contributed by atoms with Crippen LogP contribution in [0, 0.1) is 0 Å². The molecular formula is C15H14BrNO2S. The van der Waals surface area contributed by atoms with Gasteiger partial charge in [-0.2, -0.15) is 0 Å². The van der Waals surface area contributed by atoms with E-state index in [1.165, 1.54) is 11.8 Å². The van der Waals surface area contributed by atoms with Crippen LogP contribution in [0.25, 0.3) is 0 Å². The third kappa shape index (κ3) is 3.35. The van der Waals surface area contributed by atoms with E-state index in [0.29, 0.717) is 11.7 Å². The van der Waals surface area contributed by atoms with Crippen molar-refractivity contribution in [1.82, 2.24) is 0 Å². The lowest BCUT2D eigenvalue weighted by Crippen LogP contribution is -3.00. The van der Waals surface area contributed by atoms with Crippen LogP contribution >= 0.6 is 11.8 Å². The van der Waals surface area contributed by atoms with Gasteiger partial charge in [0.2, 0.25) is 6.10 Å². The zero-order valence-corrected chi connectivity index (χ0v) is 13.1. The van der Waals surface area contributed by atoms with Gasteiger partial charge in [0.25, 0.3) is 5.04 Å². The number of hydrogen-bond donors (Lipinski definition) is 1. The zero-order chi connectivity index (χ0) is 13.1. The zero-order valence-electron chi connectivity index (χ0n) is 10.7. The number of rotatable bonds is 2. The summed E-state index contributed by atoms with van der Waals surface area (Å²) in [5.74, 6) is 1.52. The van der Waals surface area contributed by atoms with E-state index < -0.39 is 0 Å². The number of fused-ring (bicyclic) bond motifs is 1. The normalized spacial score (nSPS) is 16.1. The van der Waals surface area contributed by atoms with Gasteiger partial charge < -0.3 is 26.5 Å². The van der Waals surface area contributed by atoms with Gasteiger partial charge in [-0.15, -0.1) is 0 Å². The summed E-state index contributed by atoms with van der Waals surface area (Å²) in [5.41, 5.74) is 0. The van der Waals surface area contributed by atoms with Crippen LogP contribution in [0.2, 0.25) is 0 Å². The van der Waals surface area contributed by atoms with Gasteiger partial charge in [0, 0.05) is 4.90 Å². The number of hydrogen-bond acceptors (Lipinski definition) is 3. The number of halogens is 1. The molecule has 0 aromatic heterocycles. The summed E-state index contributed by atoms with van der Waals surface area (Å²) in [5, 5.41) is 6.82. The topological polar surface area (TPSA) is 44.0 Å². The molecule has 5 heteroatoms. The van der Waals surface area contributed by atoms with Crippen LogP contribution in [-0.4, -0.2) is 17.8 Å². The van der Waals surface area contributed by atoms with Crippen LogP contribution in [0.5, 0.6) is 11.5 Å². The van der Waals surface area contributed by atoms with Crippen molar-refractivity contribution in [3.05, 3.63) is 54.6 Å². The number of nitrogens with two attached hydrogens (primary N) is 1. The molecule has 2 N–H and O–H groups in total. The molecule has 1 aliphatic heterocycles. The maximum Gasteiger partial charge on any atom is 0.257 e. The molecule has 1 aliphatic rings. The highest BCUT2D eigenvalue weighted by atomic mass is 79.9. The summed E-state index contributed by atoms with van der Waals surface area (Å²) >= 11 is 1.51. The Balaban J connectivity index is 0.00000147. The third-order valence-corrected chi connectivity index (χ3v) is 3.81. The molecule has 0 saturated carbocycles. The SMILES string of the molecule is [Br-].[NH2+]=C(Sc1ccccc1)C1COc2ccccc2O1. The molecule has 2 aromatic carbocycles. The summed E-state index contributed by atoms with van der Waals surface area (Å²) in [6.07, 6.45) is -0.222. The first-order chi connectivity index (χ1) is 9.33. The summed E-state index contributed by atoms with van der Waals surface area (Å²) in [7, 11) is 0. The molecule has 0 radical (unpaired) electrons. The highest BCUT2D eigenvalue weighted by Gasteiger charge is 2.28. The molecule has 20 heavy (non-hydrogen) atoms. The molecule has 0 aliphatic carbocycles. The van der Waals surface area contributed by atoms with Crippen LogP contribution in [0.3, 0.4) is 0 Å². The highest BCUT2D eigenvalue weighted by molar-refractivity contribution is 8.13. The maximum absolute atomic E-state index is 6.11. The molecule has 2 aromatic rings. The van der Waals surface area contributed by atoms with Gasteiger partial charge in [-0.3, -0.25) is 0 Å². The van der Waals surface area contributed by atoms with Crippen molar-refractivity contribution in [1.29, 1.82) is 0 Å². The predicted octanol–water partition coefficient (Wildman–Crippen LogP) is -1.22. The van der Waals surface area contributed by atoms with E-state index in [-0.39, 0.29) is 23.1 Å². The summed E-state index contributed by atoms with van der Waals surface area (Å²) < 4.78 is 11.5. The van der Waals surface area contributed by atoms with Crippen molar-refractivity contribution in [3.8, 4) is 11.5 Å². The Labute approximate surface area is 132 Å². The Morgan fingerprint density at radius 3 is 2.40 bits per heavy atom. The first kappa shape index (κ1) is 14.9. The van der Waals surface area contributed by atoms with Crippen LogP contribution in [0.1, 0.15) is 0 Å². The molecule has 0 amide bonds. The summed E-state index contributed by atoms with van der Waals surface area (Å²) in [4.78, 5) is 1.10. The van der Waals surface area contributed by atoms with Gasteiger partial charge in [0.05, 0.1) is 0 Å².